The molecule has 1 aliphatic rings. The van der Waals surface area contributed by atoms with Crippen molar-refractivity contribution in [1.29, 1.82) is 0 Å². The molecule has 1 amide bonds. The summed E-state index contributed by atoms with van der Waals surface area (Å²) in [6, 6.07) is 16.7. The Balaban J connectivity index is 1.43. The van der Waals surface area contributed by atoms with Gasteiger partial charge in [0.1, 0.15) is 12.4 Å². The molecule has 0 radical (unpaired) electrons. The topological polar surface area (TPSA) is 112 Å². The molecule has 1 atom stereocenters. The van der Waals surface area contributed by atoms with Crippen molar-refractivity contribution >= 4 is 46.7 Å². The lowest BCUT2D eigenvalue weighted by Crippen LogP contribution is -2.31. The van der Waals surface area contributed by atoms with Crippen LogP contribution in [0.5, 0.6) is 17.2 Å². The number of methoxy groups -OCH3 is 2. The zero-order valence-corrected chi connectivity index (χ0v) is 20.9. The number of thioether (sulfide) groups is 1. The summed E-state index contributed by atoms with van der Waals surface area (Å²) in [6.07, 6.45) is 1.76. The zero-order valence-electron chi connectivity index (χ0n) is 19.3. The lowest BCUT2D eigenvalue weighted by molar-refractivity contribution is -0.384. The number of nitrogens with zero attached hydrogens (tertiary/aromatic N) is 1. The number of amides is 1. The van der Waals surface area contributed by atoms with E-state index < -0.39 is 10.4 Å². The summed E-state index contributed by atoms with van der Waals surface area (Å²) >= 11 is 7.42. The van der Waals surface area contributed by atoms with Crippen molar-refractivity contribution < 1.29 is 23.9 Å². The minimum atomic E-state index is -0.448. The molecule has 1 saturated heterocycles. The van der Waals surface area contributed by atoms with Crippen molar-refractivity contribution in [2.24, 2.45) is 0 Å². The van der Waals surface area contributed by atoms with Gasteiger partial charge >= 0.3 is 0 Å². The van der Waals surface area contributed by atoms with Crippen LogP contribution in [-0.4, -0.2) is 30.5 Å². The minimum Gasteiger partial charge on any atom is -0.495 e. The molecule has 3 aromatic rings. The van der Waals surface area contributed by atoms with E-state index in [0.29, 0.717) is 32.9 Å². The maximum Gasteiger partial charge on any atom is 0.269 e. The Hall–Kier alpha value is -3.89. The van der Waals surface area contributed by atoms with Crippen molar-refractivity contribution in [3.8, 4) is 17.2 Å². The first-order valence-electron chi connectivity index (χ1n) is 10.7. The molecule has 36 heavy (non-hydrogen) atoms. The Morgan fingerprint density at radius 1 is 1.06 bits per heavy atom. The molecule has 0 aromatic heterocycles. The first-order chi connectivity index (χ1) is 17.4. The second-order valence-corrected chi connectivity index (χ2v) is 9.17. The van der Waals surface area contributed by atoms with E-state index in [2.05, 4.69) is 10.6 Å². The van der Waals surface area contributed by atoms with Crippen molar-refractivity contribution in [2.75, 3.05) is 19.5 Å². The van der Waals surface area contributed by atoms with Gasteiger partial charge in [-0.2, -0.15) is 0 Å². The van der Waals surface area contributed by atoms with Crippen molar-refractivity contribution in [3.63, 3.8) is 0 Å². The van der Waals surface area contributed by atoms with Gasteiger partial charge in [0.25, 0.3) is 11.6 Å². The van der Waals surface area contributed by atoms with Gasteiger partial charge in [-0.1, -0.05) is 29.4 Å². The molecule has 1 fully saturated rings. The summed E-state index contributed by atoms with van der Waals surface area (Å²) in [7, 11) is 3.09. The van der Waals surface area contributed by atoms with E-state index in [4.69, 9.17) is 25.8 Å². The number of non-ortho nitro benzene ring substituents is 1. The van der Waals surface area contributed by atoms with Crippen molar-refractivity contribution in [1.82, 2.24) is 5.32 Å². The molecule has 9 nitrogen and oxygen atoms in total. The van der Waals surface area contributed by atoms with E-state index in [1.165, 1.54) is 31.0 Å². The number of carbonyl (C=O) groups is 1. The summed E-state index contributed by atoms with van der Waals surface area (Å²) in [5.41, 5.74) is 1.82. The number of rotatable bonds is 9. The van der Waals surface area contributed by atoms with Gasteiger partial charge in [-0.05, 0) is 59.7 Å². The summed E-state index contributed by atoms with van der Waals surface area (Å²) in [6.45, 7) is 0.216. The van der Waals surface area contributed by atoms with Crippen molar-refractivity contribution in [2.45, 2.75) is 12.1 Å². The highest BCUT2D eigenvalue weighted by atomic mass is 35.5. The normalized spacial score (nSPS) is 15.9. The second kappa shape index (κ2) is 11.2. The van der Waals surface area contributed by atoms with Crippen LogP contribution >= 0.6 is 23.4 Å². The highest BCUT2D eigenvalue weighted by Crippen LogP contribution is 2.35. The van der Waals surface area contributed by atoms with Gasteiger partial charge in [-0.3, -0.25) is 14.9 Å². The highest BCUT2D eigenvalue weighted by Gasteiger charge is 2.28. The number of hydrogen-bond donors (Lipinski definition) is 2. The van der Waals surface area contributed by atoms with Gasteiger partial charge in [-0.15, -0.1) is 0 Å². The van der Waals surface area contributed by atoms with Crippen LogP contribution in [0.15, 0.2) is 65.6 Å². The third-order valence-electron chi connectivity index (χ3n) is 5.21. The van der Waals surface area contributed by atoms with Crippen LogP contribution in [0.3, 0.4) is 0 Å². The SMILES string of the molecule is COc1ccc(Cl)cc1NC1NC(=O)/C(=C/c2ccc(OCc3ccc([N+](=O)[O-])cc3)c(OC)c2)S1. The van der Waals surface area contributed by atoms with E-state index in [-0.39, 0.29) is 18.2 Å². The smallest absolute Gasteiger partial charge is 0.269 e. The molecular formula is C25H22ClN3O6S. The van der Waals surface area contributed by atoms with Crippen LogP contribution in [0, 0.1) is 10.1 Å². The van der Waals surface area contributed by atoms with Crippen molar-refractivity contribution in [3.05, 3.63) is 91.8 Å². The molecule has 186 valence electrons. The fourth-order valence-electron chi connectivity index (χ4n) is 3.42. The zero-order chi connectivity index (χ0) is 25.7. The average molecular weight is 528 g/mol. The lowest BCUT2D eigenvalue weighted by atomic mass is 10.2. The molecule has 1 heterocycles. The average Bonchev–Trinajstić information content (AvgIpc) is 3.21. The molecule has 3 aromatic carbocycles. The molecule has 0 saturated carbocycles. The first-order valence-corrected chi connectivity index (χ1v) is 12.0. The summed E-state index contributed by atoms with van der Waals surface area (Å²) in [4.78, 5) is 23.4. The fraction of sp³-hybridized carbons (Fsp3) is 0.160. The number of anilines is 1. The summed E-state index contributed by atoms with van der Waals surface area (Å²) < 4.78 is 16.7. The molecule has 2 N–H and O–H groups in total. The number of halogens is 1. The standard InChI is InChI=1S/C25H22ClN3O6S/c1-33-20-10-6-17(26)13-19(20)27-25-28-24(30)23(36-25)12-16-5-9-21(22(11-16)34-2)35-14-15-3-7-18(8-4-15)29(31)32/h3-13,25,27H,14H2,1-2H3,(H,28,30)/b23-12-. The Morgan fingerprint density at radius 2 is 1.78 bits per heavy atom. The van der Waals surface area contributed by atoms with Crippen LogP contribution in [0.25, 0.3) is 6.08 Å². The van der Waals surface area contributed by atoms with Gasteiger partial charge in [0.05, 0.1) is 29.7 Å². The number of carbonyl (C=O) groups excluding carboxylic acids is 1. The first kappa shape index (κ1) is 25.2. The predicted octanol–water partition coefficient (Wildman–Crippen LogP) is 5.44. The van der Waals surface area contributed by atoms with Crippen LogP contribution in [0.2, 0.25) is 5.02 Å². The summed E-state index contributed by atoms with van der Waals surface area (Å²) in [5, 5.41) is 17.5. The Labute approximate surface area is 216 Å². The molecule has 1 unspecified atom stereocenters. The maximum absolute atomic E-state index is 12.6. The van der Waals surface area contributed by atoms with E-state index in [0.717, 1.165) is 11.1 Å². The van der Waals surface area contributed by atoms with E-state index >= 15 is 0 Å². The second-order valence-electron chi connectivity index (χ2n) is 7.59. The molecule has 0 spiro atoms. The number of nitro groups is 1. The van der Waals surface area contributed by atoms with Crippen LogP contribution in [0.1, 0.15) is 11.1 Å². The Kier molecular flexibility index (Phi) is 7.87. The van der Waals surface area contributed by atoms with Gasteiger partial charge in [0, 0.05) is 17.2 Å². The third kappa shape index (κ3) is 6.02. The number of benzene rings is 3. The van der Waals surface area contributed by atoms with Gasteiger partial charge in [0.15, 0.2) is 17.0 Å². The molecule has 0 aliphatic carbocycles. The molecular weight excluding hydrogens is 506 g/mol. The van der Waals surface area contributed by atoms with Crippen LogP contribution in [-0.2, 0) is 11.4 Å². The van der Waals surface area contributed by atoms with Gasteiger partial charge < -0.3 is 24.8 Å². The number of hydrogen-bond acceptors (Lipinski definition) is 8. The van der Waals surface area contributed by atoms with Crippen LogP contribution < -0.4 is 24.8 Å². The van der Waals surface area contributed by atoms with E-state index in [9.17, 15) is 14.9 Å². The quantitative estimate of drug-likeness (QED) is 0.215. The third-order valence-corrected chi connectivity index (χ3v) is 6.47. The monoisotopic (exact) mass is 527 g/mol. The molecule has 4 rings (SSSR count). The summed E-state index contributed by atoms with van der Waals surface area (Å²) in [5.74, 6) is 1.40. The fourth-order valence-corrected chi connectivity index (χ4v) is 4.57. The predicted molar refractivity (Wildman–Crippen MR) is 140 cm³/mol. The van der Waals surface area contributed by atoms with Gasteiger partial charge in [0.2, 0.25) is 0 Å². The number of nitrogens with one attached hydrogen (secondary N) is 2. The molecule has 11 heteroatoms. The maximum atomic E-state index is 12.6. The Morgan fingerprint density at radius 3 is 2.47 bits per heavy atom. The highest BCUT2D eigenvalue weighted by molar-refractivity contribution is 8.05. The molecule has 1 aliphatic heterocycles. The number of nitro benzene ring substituents is 1. The largest absolute Gasteiger partial charge is 0.495 e. The molecule has 0 bridgehead atoms. The number of ether oxygens (including phenoxy) is 3. The Bertz CT molecular complexity index is 1320. The van der Waals surface area contributed by atoms with Gasteiger partial charge in [-0.25, -0.2) is 0 Å². The van der Waals surface area contributed by atoms with Crippen LogP contribution in [0.4, 0.5) is 11.4 Å². The lowest BCUT2D eigenvalue weighted by Gasteiger charge is -2.15. The van der Waals surface area contributed by atoms with E-state index in [1.54, 1.807) is 55.7 Å². The van der Waals surface area contributed by atoms with E-state index in [1.807, 2.05) is 6.07 Å². The minimum absolute atomic E-state index is 0.0201.